The van der Waals surface area contributed by atoms with Gasteiger partial charge in [-0.1, -0.05) is 17.8 Å². The van der Waals surface area contributed by atoms with Crippen molar-refractivity contribution in [1.82, 2.24) is 5.32 Å². The standard InChI is InChI=1S/C13H15N3O2S/c1-8-3-4-10(7-9(8)2)15-11(17)12(18)16-13-14-5-6-19-13/h3-4,7H,5-6H2,1-2H3,(H,15,17)(H,14,16,18). The number of thioether (sulfide) groups is 1. The van der Waals surface area contributed by atoms with Crippen molar-refractivity contribution in [2.24, 2.45) is 4.99 Å². The monoisotopic (exact) mass is 277 g/mol. The van der Waals surface area contributed by atoms with E-state index in [4.69, 9.17) is 0 Å². The van der Waals surface area contributed by atoms with Gasteiger partial charge in [-0.05, 0) is 37.1 Å². The zero-order valence-corrected chi connectivity index (χ0v) is 11.6. The second-order valence-corrected chi connectivity index (χ2v) is 5.33. The first-order valence-corrected chi connectivity index (χ1v) is 6.91. The molecule has 0 spiro atoms. The molecular weight excluding hydrogens is 262 g/mol. The Morgan fingerprint density at radius 2 is 1.89 bits per heavy atom. The normalized spacial score (nSPS) is 13.9. The summed E-state index contributed by atoms with van der Waals surface area (Å²) < 4.78 is 0. The van der Waals surface area contributed by atoms with E-state index in [1.165, 1.54) is 11.8 Å². The molecule has 1 aliphatic heterocycles. The van der Waals surface area contributed by atoms with Gasteiger partial charge in [0, 0.05) is 11.4 Å². The van der Waals surface area contributed by atoms with Crippen LogP contribution in [0.1, 0.15) is 11.1 Å². The van der Waals surface area contributed by atoms with Crippen LogP contribution in [0.2, 0.25) is 0 Å². The summed E-state index contributed by atoms with van der Waals surface area (Å²) in [6, 6.07) is 5.51. The van der Waals surface area contributed by atoms with Crippen LogP contribution in [-0.2, 0) is 9.59 Å². The van der Waals surface area contributed by atoms with Crippen molar-refractivity contribution in [2.75, 3.05) is 17.6 Å². The third-order valence-electron chi connectivity index (χ3n) is 2.78. The van der Waals surface area contributed by atoms with E-state index in [9.17, 15) is 9.59 Å². The van der Waals surface area contributed by atoms with Crippen LogP contribution in [0.3, 0.4) is 0 Å². The Bertz CT molecular complexity index is 555. The molecule has 0 unspecified atom stereocenters. The predicted octanol–water partition coefficient (Wildman–Crippen LogP) is 1.46. The molecule has 1 aliphatic rings. The third-order valence-corrected chi connectivity index (χ3v) is 3.67. The molecular formula is C13H15N3O2S. The number of hydrogen-bond donors (Lipinski definition) is 2. The SMILES string of the molecule is Cc1ccc(NC(=O)C(=O)NC2=NCCS2)cc1C. The summed E-state index contributed by atoms with van der Waals surface area (Å²) in [7, 11) is 0. The van der Waals surface area contributed by atoms with Crippen LogP contribution in [0.4, 0.5) is 5.69 Å². The van der Waals surface area contributed by atoms with E-state index in [2.05, 4.69) is 15.6 Å². The minimum Gasteiger partial charge on any atom is -0.318 e. The van der Waals surface area contributed by atoms with Crippen molar-refractivity contribution >= 4 is 34.4 Å². The molecule has 2 amide bonds. The molecule has 0 bridgehead atoms. The number of carbonyl (C=O) groups is 2. The number of hydrogen-bond acceptors (Lipinski definition) is 4. The van der Waals surface area contributed by atoms with Crippen molar-refractivity contribution in [2.45, 2.75) is 13.8 Å². The van der Waals surface area contributed by atoms with Crippen molar-refractivity contribution in [3.63, 3.8) is 0 Å². The first kappa shape index (κ1) is 13.6. The zero-order valence-electron chi connectivity index (χ0n) is 10.8. The molecule has 1 heterocycles. The van der Waals surface area contributed by atoms with Gasteiger partial charge in [0.25, 0.3) is 0 Å². The van der Waals surface area contributed by atoms with E-state index >= 15 is 0 Å². The highest BCUT2D eigenvalue weighted by atomic mass is 32.2. The van der Waals surface area contributed by atoms with Crippen molar-refractivity contribution in [3.05, 3.63) is 29.3 Å². The first-order chi connectivity index (χ1) is 9.06. The number of benzene rings is 1. The average molecular weight is 277 g/mol. The van der Waals surface area contributed by atoms with Crippen molar-refractivity contribution in [1.29, 1.82) is 0 Å². The first-order valence-electron chi connectivity index (χ1n) is 5.93. The molecule has 19 heavy (non-hydrogen) atoms. The molecule has 100 valence electrons. The molecule has 5 nitrogen and oxygen atoms in total. The van der Waals surface area contributed by atoms with Crippen LogP contribution in [0.15, 0.2) is 23.2 Å². The van der Waals surface area contributed by atoms with Gasteiger partial charge >= 0.3 is 11.8 Å². The Morgan fingerprint density at radius 1 is 1.16 bits per heavy atom. The summed E-state index contributed by atoms with van der Waals surface area (Å²) >= 11 is 1.44. The number of rotatable bonds is 1. The van der Waals surface area contributed by atoms with Gasteiger partial charge in [-0.3, -0.25) is 19.9 Å². The van der Waals surface area contributed by atoms with Crippen molar-refractivity contribution < 1.29 is 9.59 Å². The second kappa shape index (κ2) is 5.88. The lowest BCUT2D eigenvalue weighted by molar-refractivity contribution is -0.135. The predicted molar refractivity (Wildman–Crippen MR) is 77.4 cm³/mol. The Labute approximate surface area is 115 Å². The number of anilines is 1. The van der Waals surface area contributed by atoms with E-state index in [1.54, 1.807) is 6.07 Å². The Balaban J connectivity index is 1.96. The summed E-state index contributed by atoms with van der Waals surface area (Å²) in [5.74, 6) is -0.529. The molecule has 1 aromatic rings. The number of aliphatic imine (C=N–C) groups is 1. The van der Waals surface area contributed by atoms with Gasteiger partial charge in [0.05, 0.1) is 6.54 Å². The van der Waals surface area contributed by atoms with Gasteiger partial charge in [-0.15, -0.1) is 0 Å². The van der Waals surface area contributed by atoms with E-state index < -0.39 is 11.8 Å². The number of amides is 2. The molecule has 2 rings (SSSR count). The van der Waals surface area contributed by atoms with Gasteiger partial charge in [-0.25, -0.2) is 0 Å². The summed E-state index contributed by atoms with van der Waals surface area (Å²) in [6.45, 7) is 4.62. The number of carbonyl (C=O) groups excluding carboxylic acids is 2. The number of nitrogens with one attached hydrogen (secondary N) is 2. The maximum absolute atomic E-state index is 11.7. The van der Waals surface area contributed by atoms with Crippen LogP contribution in [0.5, 0.6) is 0 Å². The average Bonchev–Trinajstić information content (AvgIpc) is 2.86. The van der Waals surface area contributed by atoms with Gasteiger partial charge < -0.3 is 5.32 Å². The number of nitrogens with zero attached hydrogens (tertiary/aromatic N) is 1. The molecule has 0 aromatic heterocycles. The molecule has 1 aromatic carbocycles. The largest absolute Gasteiger partial charge is 0.318 e. The lowest BCUT2D eigenvalue weighted by Crippen LogP contribution is -2.37. The Morgan fingerprint density at radius 3 is 2.53 bits per heavy atom. The number of amidine groups is 1. The highest BCUT2D eigenvalue weighted by Gasteiger charge is 2.17. The fraction of sp³-hybridized carbons (Fsp3) is 0.308. The van der Waals surface area contributed by atoms with E-state index in [-0.39, 0.29) is 0 Å². The van der Waals surface area contributed by atoms with Crippen LogP contribution in [-0.4, -0.2) is 29.3 Å². The van der Waals surface area contributed by atoms with Gasteiger partial charge in [0.15, 0.2) is 5.17 Å². The molecule has 6 heteroatoms. The maximum atomic E-state index is 11.7. The smallest absolute Gasteiger partial charge is 0.315 e. The van der Waals surface area contributed by atoms with Crippen LogP contribution < -0.4 is 10.6 Å². The fourth-order valence-corrected chi connectivity index (χ4v) is 2.30. The highest BCUT2D eigenvalue weighted by molar-refractivity contribution is 8.14. The quantitative estimate of drug-likeness (QED) is 0.763. The molecule has 0 saturated carbocycles. The molecule has 0 fully saturated rings. The summed E-state index contributed by atoms with van der Waals surface area (Å²) in [6.07, 6.45) is 0. The topological polar surface area (TPSA) is 70.6 Å². The Kier molecular flexibility index (Phi) is 4.21. The third kappa shape index (κ3) is 3.57. The lowest BCUT2D eigenvalue weighted by atomic mass is 10.1. The maximum Gasteiger partial charge on any atom is 0.315 e. The number of aryl methyl sites for hydroxylation is 2. The van der Waals surface area contributed by atoms with Gasteiger partial charge in [-0.2, -0.15) is 0 Å². The minimum absolute atomic E-state index is 0.514. The Hall–Kier alpha value is -1.82. The van der Waals surface area contributed by atoms with Crippen LogP contribution in [0, 0.1) is 13.8 Å². The zero-order chi connectivity index (χ0) is 13.8. The van der Waals surface area contributed by atoms with E-state index in [0.29, 0.717) is 17.4 Å². The molecule has 2 N–H and O–H groups in total. The van der Waals surface area contributed by atoms with Crippen LogP contribution in [0.25, 0.3) is 0 Å². The molecule has 0 saturated heterocycles. The molecule has 0 aliphatic carbocycles. The lowest BCUT2D eigenvalue weighted by Gasteiger charge is -2.07. The van der Waals surface area contributed by atoms with Gasteiger partial charge in [0.2, 0.25) is 0 Å². The van der Waals surface area contributed by atoms with Crippen LogP contribution >= 0.6 is 11.8 Å². The van der Waals surface area contributed by atoms with Crippen molar-refractivity contribution in [3.8, 4) is 0 Å². The molecule has 0 radical (unpaired) electrons. The second-order valence-electron chi connectivity index (χ2n) is 4.24. The summed E-state index contributed by atoms with van der Waals surface area (Å²) in [4.78, 5) is 27.4. The van der Waals surface area contributed by atoms with E-state index in [0.717, 1.165) is 16.9 Å². The minimum atomic E-state index is -0.689. The summed E-state index contributed by atoms with van der Waals surface area (Å²) in [5.41, 5.74) is 2.82. The fourth-order valence-electron chi connectivity index (χ4n) is 1.57. The van der Waals surface area contributed by atoms with E-state index in [1.807, 2.05) is 26.0 Å². The highest BCUT2D eigenvalue weighted by Crippen LogP contribution is 2.14. The summed E-state index contributed by atoms with van der Waals surface area (Å²) in [5, 5.41) is 5.57. The van der Waals surface area contributed by atoms with Gasteiger partial charge in [0.1, 0.15) is 0 Å². The molecule has 0 atom stereocenters.